The van der Waals surface area contributed by atoms with Gasteiger partial charge in [-0.1, -0.05) is 54.6 Å². The number of anilines is 1. The summed E-state index contributed by atoms with van der Waals surface area (Å²) in [7, 11) is 0. The Kier molecular flexibility index (Phi) is 3.37. The molecule has 1 heterocycles. The lowest BCUT2D eigenvalue weighted by Gasteiger charge is -2.05. The van der Waals surface area contributed by atoms with E-state index in [2.05, 4.69) is 20.7 Å². The molecule has 4 heteroatoms. The molecule has 3 rings (SSSR count). The molecule has 0 unspecified atom stereocenters. The van der Waals surface area contributed by atoms with Crippen molar-refractivity contribution in [1.29, 1.82) is 0 Å². The zero-order valence-electron chi connectivity index (χ0n) is 11.1. The molecule has 2 aromatic carbocycles. The monoisotopic (exact) mass is 262 g/mol. The number of rotatable bonds is 3. The Morgan fingerprint density at radius 2 is 1.75 bits per heavy atom. The summed E-state index contributed by atoms with van der Waals surface area (Å²) < 4.78 is 0. The van der Waals surface area contributed by atoms with Crippen molar-refractivity contribution in [2.45, 2.75) is 6.92 Å². The molecule has 0 aliphatic rings. The second kappa shape index (κ2) is 5.48. The largest absolute Gasteiger partial charge is 0.259 e. The minimum Gasteiger partial charge on any atom is -0.259 e. The topological polar surface area (TPSA) is 50.2 Å². The van der Waals surface area contributed by atoms with Crippen molar-refractivity contribution >= 4 is 22.3 Å². The fraction of sp³-hybridized carbons (Fsp3) is 0.0625. The molecule has 1 N–H and O–H groups in total. The van der Waals surface area contributed by atoms with Crippen LogP contribution in [0.4, 0.5) is 5.82 Å². The third-order valence-corrected chi connectivity index (χ3v) is 3.09. The molecular formula is C16H14N4. The third-order valence-electron chi connectivity index (χ3n) is 3.09. The van der Waals surface area contributed by atoms with Gasteiger partial charge in [-0.3, -0.25) is 5.43 Å². The Bertz CT molecular complexity index is 745. The second-order valence-corrected chi connectivity index (χ2v) is 4.46. The van der Waals surface area contributed by atoms with Crippen molar-refractivity contribution in [1.82, 2.24) is 10.2 Å². The van der Waals surface area contributed by atoms with Crippen LogP contribution < -0.4 is 5.43 Å². The smallest absolute Gasteiger partial charge is 0.176 e. The van der Waals surface area contributed by atoms with Gasteiger partial charge in [0.15, 0.2) is 5.82 Å². The number of nitrogens with one attached hydrogen (secondary N) is 1. The zero-order valence-corrected chi connectivity index (χ0v) is 11.1. The van der Waals surface area contributed by atoms with Gasteiger partial charge >= 0.3 is 0 Å². The van der Waals surface area contributed by atoms with Gasteiger partial charge in [0.25, 0.3) is 0 Å². The van der Waals surface area contributed by atoms with E-state index in [1.54, 1.807) is 6.20 Å². The zero-order chi connectivity index (χ0) is 13.8. The van der Waals surface area contributed by atoms with Crippen molar-refractivity contribution in [2.24, 2.45) is 5.10 Å². The van der Waals surface area contributed by atoms with Gasteiger partial charge in [0.2, 0.25) is 0 Å². The highest BCUT2D eigenvalue weighted by Crippen LogP contribution is 2.19. The molecule has 0 aliphatic heterocycles. The summed E-state index contributed by atoms with van der Waals surface area (Å²) in [6, 6.07) is 18.0. The molecule has 0 aliphatic carbocycles. The Morgan fingerprint density at radius 3 is 2.60 bits per heavy atom. The first-order valence-electron chi connectivity index (χ1n) is 6.41. The van der Waals surface area contributed by atoms with E-state index in [0.29, 0.717) is 5.82 Å². The molecule has 0 saturated heterocycles. The van der Waals surface area contributed by atoms with Crippen LogP contribution in [0.1, 0.15) is 12.5 Å². The summed E-state index contributed by atoms with van der Waals surface area (Å²) >= 11 is 0. The lowest BCUT2D eigenvalue weighted by Crippen LogP contribution is -2.01. The first kappa shape index (κ1) is 12.3. The van der Waals surface area contributed by atoms with Crippen LogP contribution in [0.15, 0.2) is 65.9 Å². The minimum absolute atomic E-state index is 0.665. The van der Waals surface area contributed by atoms with Crippen LogP contribution in [0.2, 0.25) is 0 Å². The molecule has 0 radical (unpaired) electrons. The predicted octanol–water partition coefficient (Wildman–Crippen LogP) is 3.47. The van der Waals surface area contributed by atoms with Gasteiger partial charge in [-0.05, 0) is 12.5 Å². The standard InChI is InChI=1S/C16H14N4/c1-12(13-7-3-2-4-8-13)18-20-16-15-10-6-5-9-14(15)11-17-19-16/h2-11H,1H3,(H,19,20)/b18-12+. The van der Waals surface area contributed by atoms with Gasteiger partial charge in [0.05, 0.1) is 11.9 Å². The van der Waals surface area contributed by atoms with Crippen LogP contribution in [0.5, 0.6) is 0 Å². The highest BCUT2D eigenvalue weighted by molar-refractivity contribution is 5.99. The minimum atomic E-state index is 0.665. The molecule has 0 saturated carbocycles. The number of hydrogen-bond acceptors (Lipinski definition) is 4. The summed E-state index contributed by atoms with van der Waals surface area (Å²) in [5.74, 6) is 0.665. The van der Waals surface area contributed by atoms with Crippen LogP contribution in [-0.4, -0.2) is 15.9 Å². The lowest BCUT2D eigenvalue weighted by molar-refractivity contribution is 1.04. The van der Waals surface area contributed by atoms with Gasteiger partial charge in [0.1, 0.15) is 0 Å². The van der Waals surface area contributed by atoms with E-state index >= 15 is 0 Å². The molecule has 0 spiro atoms. The van der Waals surface area contributed by atoms with Gasteiger partial charge in [0, 0.05) is 10.8 Å². The molecule has 0 bridgehead atoms. The Balaban J connectivity index is 1.91. The first-order valence-corrected chi connectivity index (χ1v) is 6.41. The van der Waals surface area contributed by atoms with Crippen LogP contribution in [-0.2, 0) is 0 Å². The van der Waals surface area contributed by atoms with Crippen molar-refractivity contribution < 1.29 is 0 Å². The van der Waals surface area contributed by atoms with E-state index in [-0.39, 0.29) is 0 Å². The molecule has 98 valence electrons. The molecule has 0 atom stereocenters. The van der Waals surface area contributed by atoms with E-state index < -0.39 is 0 Å². The quantitative estimate of drug-likeness (QED) is 0.581. The average molecular weight is 262 g/mol. The maximum Gasteiger partial charge on any atom is 0.176 e. The van der Waals surface area contributed by atoms with Crippen LogP contribution >= 0.6 is 0 Å². The highest BCUT2D eigenvalue weighted by atomic mass is 15.3. The third kappa shape index (κ3) is 2.49. The maximum absolute atomic E-state index is 4.38. The second-order valence-electron chi connectivity index (χ2n) is 4.46. The summed E-state index contributed by atoms with van der Waals surface area (Å²) in [6.07, 6.45) is 1.74. The molecule has 3 aromatic rings. The number of fused-ring (bicyclic) bond motifs is 1. The van der Waals surface area contributed by atoms with Crippen LogP contribution in [0, 0.1) is 0 Å². The first-order chi connectivity index (χ1) is 9.84. The van der Waals surface area contributed by atoms with Gasteiger partial charge in [-0.25, -0.2) is 0 Å². The molecule has 0 amide bonds. The fourth-order valence-corrected chi connectivity index (χ4v) is 1.99. The molecule has 0 fully saturated rings. The van der Waals surface area contributed by atoms with Crippen molar-refractivity contribution in [3.05, 3.63) is 66.4 Å². The predicted molar refractivity (Wildman–Crippen MR) is 81.8 cm³/mol. The summed E-state index contributed by atoms with van der Waals surface area (Å²) in [6.45, 7) is 1.96. The Morgan fingerprint density at radius 1 is 1.00 bits per heavy atom. The molecule has 4 nitrogen and oxygen atoms in total. The SMILES string of the molecule is C/C(=N\Nc1nncc2ccccc12)c1ccccc1. The summed E-state index contributed by atoms with van der Waals surface area (Å²) in [4.78, 5) is 0. The van der Waals surface area contributed by atoms with Crippen molar-refractivity contribution in [2.75, 3.05) is 5.43 Å². The molecule has 20 heavy (non-hydrogen) atoms. The van der Waals surface area contributed by atoms with Gasteiger partial charge in [-0.15, -0.1) is 5.10 Å². The fourth-order valence-electron chi connectivity index (χ4n) is 1.99. The molecular weight excluding hydrogens is 248 g/mol. The van der Waals surface area contributed by atoms with Gasteiger partial charge in [-0.2, -0.15) is 10.2 Å². The molecule has 1 aromatic heterocycles. The number of hydrogen-bond donors (Lipinski definition) is 1. The van der Waals surface area contributed by atoms with Crippen molar-refractivity contribution in [3.8, 4) is 0 Å². The lowest BCUT2D eigenvalue weighted by atomic mass is 10.1. The van der Waals surface area contributed by atoms with Gasteiger partial charge < -0.3 is 0 Å². The normalized spacial score (nSPS) is 11.6. The number of hydrazone groups is 1. The Hall–Kier alpha value is -2.75. The number of benzene rings is 2. The highest BCUT2D eigenvalue weighted by Gasteiger charge is 2.02. The maximum atomic E-state index is 4.38. The summed E-state index contributed by atoms with van der Waals surface area (Å²) in [5.41, 5.74) is 4.98. The number of aromatic nitrogens is 2. The van der Waals surface area contributed by atoms with E-state index in [4.69, 9.17) is 0 Å². The van der Waals surface area contributed by atoms with E-state index in [9.17, 15) is 0 Å². The van der Waals surface area contributed by atoms with Crippen LogP contribution in [0.3, 0.4) is 0 Å². The van der Waals surface area contributed by atoms with Crippen LogP contribution in [0.25, 0.3) is 10.8 Å². The Labute approximate surface area is 117 Å². The van der Waals surface area contributed by atoms with E-state index in [1.807, 2.05) is 61.5 Å². The average Bonchev–Trinajstić information content (AvgIpc) is 2.53. The summed E-state index contributed by atoms with van der Waals surface area (Å²) in [5, 5.41) is 14.5. The van der Waals surface area contributed by atoms with Crippen molar-refractivity contribution in [3.63, 3.8) is 0 Å². The van der Waals surface area contributed by atoms with E-state index in [1.165, 1.54) is 0 Å². The van der Waals surface area contributed by atoms with E-state index in [0.717, 1.165) is 22.0 Å². The number of nitrogens with zero attached hydrogens (tertiary/aromatic N) is 3.